The molecule has 2 aliphatic rings. The van der Waals surface area contributed by atoms with Gasteiger partial charge in [0.1, 0.15) is 0 Å². The van der Waals surface area contributed by atoms with Gasteiger partial charge >= 0.3 is 0 Å². The zero-order chi connectivity index (χ0) is 22.0. The molecule has 2 unspecified atom stereocenters. The van der Waals surface area contributed by atoms with Crippen LogP contribution in [0.1, 0.15) is 84.7 Å². The molecule has 0 aromatic heterocycles. The first-order valence-electron chi connectivity index (χ1n) is 12.0. The number of hydrogen-bond donors (Lipinski definition) is 0. The number of benzene rings is 4. The Bertz CT molecular complexity index is 1230. The average molecular weight is 415 g/mol. The van der Waals surface area contributed by atoms with Crippen LogP contribution in [0.15, 0.2) is 84.9 Å². The standard InChI is InChI=1S/C32H30/c1-19(2)21-15-9-17-25-23-11-5-7-13-27(23)31(29(21)25)32-28-14-8-6-12-24(28)26-18-10-16-22(20(3)4)30(26)32/h5-20,31-32H,1-4H3. The highest BCUT2D eigenvalue weighted by molar-refractivity contribution is 5.86. The van der Waals surface area contributed by atoms with E-state index in [2.05, 4.69) is 113 Å². The van der Waals surface area contributed by atoms with Crippen molar-refractivity contribution in [3.05, 3.63) is 118 Å². The van der Waals surface area contributed by atoms with Crippen LogP contribution in [0, 0.1) is 0 Å². The van der Waals surface area contributed by atoms with Crippen LogP contribution in [0.4, 0.5) is 0 Å². The van der Waals surface area contributed by atoms with E-state index in [1.165, 1.54) is 44.5 Å². The third-order valence-corrected chi connectivity index (χ3v) is 7.65. The van der Waals surface area contributed by atoms with E-state index in [9.17, 15) is 0 Å². The first-order chi connectivity index (χ1) is 15.6. The van der Waals surface area contributed by atoms with Gasteiger partial charge in [-0.2, -0.15) is 0 Å². The van der Waals surface area contributed by atoms with Crippen molar-refractivity contribution in [3.8, 4) is 22.3 Å². The van der Waals surface area contributed by atoms with Gasteiger partial charge in [-0.1, -0.05) is 113 Å². The topological polar surface area (TPSA) is 0 Å². The summed E-state index contributed by atoms with van der Waals surface area (Å²) in [4.78, 5) is 0. The maximum atomic E-state index is 2.38. The van der Waals surface area contributed by atoms with Crippen LogP contribution >= 0.6 is 0 Å². The average Bonchev–Trinajstić information content (AvgIpc) is 3.31. The van der Waals surface area contributed by atoms with Gasteiger partial charge in [0.05, 0.1) is 0 Å². The van der Waals surface area contributed by atoms with E-state index in [1.54, 1.807) is 11.1 Å². The van der Waals surface area contributed by atoms with E-state index in [1.807, 2.05) is 0 Å². The number of hydrogen-bond acceptors (Lipinski definition) is 0. The lowest BCUT2D eigenvalue weighted by atomic mass is 9.74. The summed E-state index contributed by atoms with van der Waals surface area (Å²) in [6, 6.07) is 32.2. The van der Waals surface area contributed by atoms with Crippen LogP contribution in [0.5, 0.6) is 0 Å². The first kappa shape index (κ1) is 19.6. The molecule has 0 nitrogen and oxygen atoms in total. The van der Waals surface area contributed by atoms with Crippen LogP contribution in [-0.4, -0.2) is 0 Å². The maximum absolute atomic E-state index is 2.38. The van der Waals surface area contributed by atoms with Crippen LogP contribution in [0.3, 0.4) is 0 Å². The van der Waals surface area contributed by atoms with Crippen molar-refractivity contribution in [2.45, 2.75) is 51.4 Å². The molecule has 0 amide bonds. The van der Waals surface area contributed by atoms with E-state index in [0.29, 0.717) is 23.7 Å². The Hall–Kier alpha value is -3.12. The largest absolute Gasteiger partial charge is 0.0619 e. The highest BCUT2D eigenvalue weighted by Gasteiger charge is 2.43. The first-order valence-corrected chi connectivity index (χ1v) is 12.0. The summed E-state index contributed by atoms with van der Waals surface area (Å²) in [5.41, 5.74) is 14.8. The van der Waals surface area contributed by atoms with E-state index < -0.39 is 0 Å². The zero-order valence-electron chi connectivity index (χ0n) is 19.4. The van der Waals surface area contributed by atoms with Crippen LogP contribution in [0.2, 0.25) is 0 Å². The van der Waals surface area contributed by atoms with E-state index in [0.717, 1.165) is 0 Å². The summed E-state index contributed by atoms with van der Waals surface area (Å²) >= 11 is 0. The molecule has 2 aliphatic carbocycles. The van der Waals surface area contributed by atoms with Crippen molar-refractivity contribution in [1.29, 1.82) is 0 Å². The van der Waals surface area contributed by atoms with E-state index in [4.69, 9.17) is 0 Å². The predicted molar refractivity (Wildman–Crippen MR) is 136 cm³/mol. The Morgan fingerprint density at radius 3 is 1.22 bits per heavy atom. The third-order valence-electron chi connectivity index (χ3n) is 7.65. The molecule has 0 N–H and O–H groups in total. The quantitative estimate of drug-likeness (QED) is 0.314. The number of rotatable bonds is 3. The van der Waals surface area contributed by atoms with Gasteiger partial charge in [0.25, 0.3) is 0 Å². The van der Waals surface area contributed by atoms with Crippen molar-refractivity contribution in [2.24, 2.45) is 0 Å². The molecule has 2 atom stereocenters. The second-order valence-electron chi connectivity index (χ2n) is 10.1. The molecule has 0 heteroatoms. The Labute approximate surface area is 192 Å². The van der Waals surface area contributed by atoms with Gasteiger partial charge in [-0.05, 0) is 67.5 Å². The van der Waals surface area contributed by atoms with Crippen LogP contribution in [-0.2, 0) is 0 Å². The fraction of sp³-hybridized carbons (Fsp3) is 0.250. The Morgan fingerprint density at radius 2 is 0.812 bits per heavy atom. The minimum absolute atomic E-state index is 0.349. The molecule has 0 radical (unpaired) electrons. The Balaban J connectivity index is 1.71. The zero-order valence-corrected chi connectivity index (χ0v) is 19.4. The lowest BCUT2D eigenvalue weighted by Crippen LogP contribution is -2.14. The van der Waals surface area contributed by atoms with Crippen molar-refractivity contribution in [1.82, 2.24) is 0 Å². The molecule has 6 rings (SSSR count). The summed E-state index contributed by atoms with van der Waals surface area (Å²) in [5, 5.41) is 0. The monoisotopic (exact) mass is 414 g/mol. The van der Waals surface area contributed by atoms with E-state index >= 15 is 0 Å². The van der Waals surface area contributed by atoms with Gasteiger partial charge in [0.15, 0.2) is 0 Å². The molecule has 0 saturated carbocycles. The van der Waals surface area contributed by atoms with Gasteiger partial charge in [-0.15, -0.1) is 0 Å². The van der Waals surface area contributed by atoms with Crippen molar-refractivity contribution in [2.75, 3.05) is 0 Å². The van der Waals surface area contributed by atoms with Gasteiger partial charge in [-0.25, -0.2) is 0 Å². The van der Waals surface area contributed by atoms with Crippen molar-refractivity contribution >= 4 is 0 Å². The summed E-state index contributed by atoms with van der Waals surface area (Å²) in [6.45, 7) is 9.36. The van der Waals surface area contributed by atoms with Gasteiger partial charge in [0.2, 0.25) is 0 Å². The highest BCUT2D eigenvalue weighted by Crippen LogP contribution is 2.60. The Morgan fingerprint density at radius 1 is 0.438 bits per heavy atom. The third kappa shape index (κ3) is 2.62. The summed E-state index contributed by atoms with van der Waals surface area (Å²) in [7, 11) is 0. The molecule has 158 valence electrons. The van der Waals surface area contributed by atoms with Crippen LogP contribution in [0.25, 0.3) is 22.3 Å². The van der Waals surface area contributed by atoms with Crippen LogP contribution < -0.4 is 0 Å². The molecule has 0 bridgehead atoms. The second-order valence-corrected chi connectivity index (χ2v) is 10.1. The molecule has 0 fully saturated rings. The molecule has 4 aromatic rings. The minimum Gasteiger partial charge on any atom is -0.0619 e. The maximum Gasteiger partial charge on any atom is 0.0214 e. The molecule has 0 aliphatic heterocycles. The van der Waals surface area contributed by atoms with Crippen molar-refractivity contribution in [3.63, 3.8) is 0 Å². The molecular weight excluding hydrogens is 384 g/mol. The van der Waals surface area contributed by atoms with Gasteiger partial charge in [-0.3, -0.25) is 0 Å². The summed E-state index contributed by atoms with van der Waals surface area (Å²) in [6.07, 6.45) is 0. The molecule has 0 heterocycles. The second kappa shape index (κ2) is 7.20. The molecule has 4 aromatic carbocycles. The van der Waals surface area contributed by atoms with Gasteiger partial charge < -0.3 is 0 Å². The van der Waals surface area contributed by atoms with Crippen molar-refractivity contribution < 1.29 is 0 Å². The molecule has 32 heavy (non-hydrogen) atoms. The SMILES string of the molecule is CC(C)c1cccc2c1C(C1c3ccccc3-c3cccc(C(C)C)c31)c1ccccc1-2. The molecule has 0 saturated heterocycles. The fourth-order valence-electron chi connectivity index (χ4n) is 6.37. The molecular formula is C32H30. The Kier molecular flexibility index (Phi) is 4.40. The molecule has 0 spiro atoms. The summed E-state index contributed by atoms with van der Waals surface area (Å²) < 4.78 is 0. The lowest BCUT2D eigenvalue weighted by molar-refractivity contribution is 0.689. The predicted octanol–water partition coefficient (Wildman–Crippen LogP) is 8.86. The summed E-state index contributed by atoms with van der Waals surface area (Å²) in [5.74, 6) is 1.70. The van der Waals surface area contributed by atoms with Gasteiger partial charge in [0, 0.05) is 11.8 Å². The number of fused-ring (bicyclic) bond motifs is 6. The lowest BCUT2D eigenvalue weighted by Gasteiger charge is -2.28. The van der Waals surface area contributed by atoms with E-state index in [-0.39, 0.29) is 0 Å². The fourth-order valence-corrected chi connectivity index (χ4v) is 6.37. The highest BCUT2D eigenvalue weighted by atomic mass is 14.5. The normalized spacial score (nSPS) is 17.9. The minimum atomic E-state index is 0.349. The smallest absolute Gasteiger partial charge is 0.0214 e.